The van der Waals surface area contributed by atoms with E-state index in [-0.39, 0.29) is 11.5 Å². The van der Waals surface area contributed by atoms with Crippen molar-refractivity contribution in [2.24, 2.45) is 0 Å². The maximum Gasteiger partial charge on any atom is 0.261 e. The predicted molar refractivity (Wildman–Crippen MR) is 114 cm³/mol. The first-order chi connectivity index (χ1) is 14.0. The van der Waals surface area contributed by atoms with E-state index in [4.69, 9.17) is 11.6 Å². The minimum atomic E-state index is -0.174. The molecule has 0 unspecified atom stereocenters. The van der Waals surface area contributed by atoms with Crippen LogP contribution in [0.25, 0.3) is 11.4 Å². The van der Waals surface area contributed by atoms with Gasteiger partial charge in [-0.25, -0.2) is 4.98 Å². The summed E-state index contributed by atoms with van der Waals surface area (Å²) in [5.41, 5.74) is 2.38. The van der Waals surface area contributed by atoms with E-state index < -0.39 is 0 Å². The standard InChI is InChI=1S/C21H17ClN4O2S/c1-14-24-15(12-23-21(28)18-9-10-19(22)29-18)13-26(14)17-7-5-16(6-8-17)25-11-3-2-4-20(25)27/h2-11,13H,12H2,1H3,(H,23,28). The van der Waals surface area contributed by atoms with E-state index in [0.29, 0.717) is 15.8 Å². The molecular formula is C21H17ClN4O2S. The highest BCUT2D eigenvalue weighted by Crippen LogP contribution is 2.21. The second-order valence-corrected chi connectivity index (χ2v) is 8.08. The number of benzene rings is 1. The normalized spacial score (nSPS) is 10.8. The molecule has 0 atom stereocenters. The van der Waals surface area contributed by atoms with Crippen LogP contribution in [0.4, 0.5) is 0 Å². The summed E-state index contributed by atoms with van der Waals surface area (Å²) in [6.07, 6.45) is 3.63. The molecule has 4 aromatic rings. The fourth-order valence-corrected chi connectivity index (χ4v) is 3.95. The number of halogens is 1. The first-order valence-electron chi connectivity index (χ1n) is 8.88. The number of hydrogen-bond donors (Lipinski definition) is 1. The van der Waals surface area contributed by atoms with Gasteiger partial charge in [0, 0.05) is 29.8 Å². The zero-order chi connectivity index (χ0) is 20.4. The molecule has 0 aliphatic carbocycles. The Hall–Kier alpha value is -3.16. The number of hydrogen-bond acceptors (Lipinski definition) is 4. The minimum absolute atomic E-state index is 0.0795. The summed E-state index contributed by atoms with van der Waals surface area (Å²) in [6, 6.07) is 16.1. The van der Waals surface area contributed by atoms with Crippen molar-refractivity contribution in [3.8, 4) is 11.4 Å². The Morgan fingerprint density at radius 2 is 1.79 bits per heavy atom. The summed E-state index contributed by atoms with van der Waals surface area (Å²) >= 11 is 7.12. The molecule has 0 saturated carbocycles. The number of rotatable bonds is 5. The van der Waals surface area contributed by atoms with Crippen LogP contribution in [0.3, 0.4) is 0 Å². The quantitative estimate of drug-likeness (QED) is 0.527. The van der Waals surface area contributed by atoms with Crippen molar-refractivity contribution < 1.29 is 4.79 Å². The first-order valence-corrected chi connectivity index (χ1v) is 10.1. The fourth-order valence-electron chi connectivity index (χ4n) is 2.99. The maximum atomic E-state index is 12.2. The summed E-state index contributed by atoms with van der Waals surface area (Å²) in [7, 11) is 0. The molecule has 8 heteroatoms. The van der Waals surface area contributed by atoms with E-state index in [1.54, 1.807) is 29.0 Å². The lowest BCUT2D eigenvalue weighted by atomic mass is 10.2. The number of thiophene rings is 1. The molecule has 3 heterocycles. The van der Waals surface area contributed by atoms with Crippen molar-refractivity contribution in [3.63, 3.8) is 0 Å². The highest BCUT2D eigenvalue weighted by atomic mass is 35.5. The van der Waals surface area contributed by atoms with Gasteiger partial charge >= 0.3 is 0 Å². The van der Waals surface area contributed by atoms with E-state index in [1.165, 1.54) is 17.4 Å². The Labute approximate surface area is 176 Å². The van der Waals surface area contributed by atoms with Crippen molar-refractivity contribution in [2.45, 2.75) is 13.5 Å². The molecule has 6 nitrogen and oxygen atoms in total. The highest BCUT2D eigenvalue weighted by Gasteiger charge is 2.11. The summed E-state index contributed by atoms with van der Waals surface area (Å²) in [4.78, 5) is 29.2. The van der Waals surface area contributed by atoms with Crippen LogP contribution in [0.15, 0.2) is 71.8 Å². The van der Waals surface area contributed by atoms with Crippen LogP contribution in [0.1, 0.15) is 21.2 Å². The van der Waals surface area contributed by atoms with Crippen LogP contribution < -0.4 is 10.9 Å². The van der Waals surface area contributed by atoms with E-state index in [2.05, 4.69) is 10.3 Å². The molecule has 1 amide bonds. The van der Waals surface area contributed by atoms with Gasteiger partial charge in [-0.1, -0.05) is 17.7 Å². The molecule has 0 fully saturated rings. The van der Waals surface area contributed by atoms with E-state index in [9.17, 15) is 9.59 Å². The number of aromatic nitrogens is 3. The third-order valence-corrected chi connectivity index (χ3v) is 5.62. The minimum Gasteiger partial charge on any atom is -0.346 e. The number of aryl methyl sites for hydroxylation is 1. The monoisotopic (exact) mass is 424 g/mol. The van der Waals surface area contributed by atoms with Crippen molar-refractivity contribution >= 4 is 28.8 Å². The average molecular weight is 425 g/mol. The SMILES string of the molecule is Cc1nc(CNC(=O)c2ccc(Cl)s2)cn1-c1ccc(-n2ccccc2=O)cc1. The number of carbonyl (C=O) groups excluding carboxylic acids is 1. The molecular weight excluding hydrogens is 408 g/mol. The molecule has 146 valence electrons. The zero-order valence-corrected chi connectivity index (χ0v) is 17.1. The van der Waals surface area contributed by atoms with Gasteiger partial charge in [0.05, 0.1) is 21.5 Å². The van der Waals surface area contributed by atoms with Crippen LogP contribution >= 0.6 is 22.9 Å². The molecule has 29 heavy (non-hydrogen) atoms. The topological polar surface area (TPSA) is 68.9 Å². The molecule has 0 aliphatic rings. The van der Waals surface area contributed by atoms with Crippen LogP contribution in [0, 0.1) is 6.92 Å². The second kappa shape index (κ2) is 8.06. The zero-order valence-electron chi connectivity index (χ0n) is 15.5. The molecule has 0 aliphatic heterocycles. The number of amides is 1. The molecule has 0 saturated heterocycles. The van der Waals surface area contributed by atoms with E-state index >= 15 is 0 Å². The van der Waals surface area contributed by atoms with Crippen LogP contribution in [-0.4, -0.2) is 20.0 Å². The largest absolute Gasteiger partial charge is 0.346 e. The van der Waals surface area contributed by atoms with Crippen LogP contribution in [0.2, 0.25) is 4.34 Å². The molecule has 0 radical (unpaired) electrons. The number of pyridine rings is 1. The van der Waals surface area contributed by atoms with Gasteiger partial charge in [-0.05, 0) is 49.4 Å². The van der Waals surface area contributed by atoms with Crippen molar-refractivity contribution in [1.82, 2.24) is 19.4 Å². The first kappa shape index (κ1) is 19.2. The molecule has 1 aromatic carbocycles. The van der Waals surface area contributed by atoms with Gasteiger partial charge < -0.3 is 9.88 Å². The molecule has 3 aromatic heterocycles. The Kier molecular flexibility index (Phi) is 5.33. The summed E-state index contributed by atoms with van der Waals surface area (Å²) in [5.74, 6) is 0.629. The molecule has 4 rings (SSSR count). The number of nitrogens with zero attached hydrogens (tertiary/aromatic N) is 3. The molecule has 0 bridgehead atoms. The average Bonchev–Trinajstić information content (AvgIpc) is 3.32. The van der Waals surface area contributed by atoms with Gasteiger partial charge in [0.2, 0.25) is 0 Å². The summed E-state index contributed by atoms with van der Waals surface area (Å²) in [5, 5.41) is 2.86. The van der Waals surface area contributed by atoms with Gasteiger partial charge in [0.1, 0.15) is 5.82 Å². The van der Waals surface area contributed by atoms with Gasteiger partial charge in [0.25, 0.3) is 11.5 Å². The van der Waals surface area contributed by atoms with Crippen molar-refractivity contribution in [1.29, 1.82) is 0 Å². The number of imidazole rings is 1. The Balaban J connectivity index is 1.50. The van der Waals surface area contributed by atoms with Gasteiger partial charge in [-0.3, -0.25) is 14.2 Å². The Morgan fingerprint density at radius 3 is 2.45 bits per heavy atom. The third kappa shape index (κ3) is 4.16. The second-order valence-electron chi connectivity index (χ2n) is 6.36. The van der Waals surface area contributed by atoms with E-state index in [1.807, 2.05) is 48.0 Å². The number of carbonyl (C=O) groups is 1. The Morgan fingerprint density at radius 1 is 1.07 bits per heavy atom. The van der Waals surface area contributed by atoms with Gasteiger partial charge in [-0.2, -0.15) is 0 Å². The molecule has 0 spiro atoms. The van der Waals surface area contributed by atoms with Crippen molar-refractivity contribution in [2.75, 3.05) is 0 Å². The van der Waals surface area contributed by atoms with Gasteiger partial charge in [0.15, 0.2) is 0 Å². The predicted octanol–water partition coefficient (Wildman–Crippen LogP) is 3.98. The fraction of sp³-hybridized carbons (Fsp3) is 0.0952. The lowest BCUT2D eigenvalue weighted by Crippen LogP contribution is -2.21. The lowest BCUT2D eigenvalue weighted by molar-refractivity contribution is 0.0954. The third-order valence-electron chi connectivity index (χ3n) is 4.39. The lowest BCUT2D eigenvalue weighted by Gasteiger charge is -2.08. The smallest absolute Gasteiger partial charge is 0.261 e. The highest BCUT2D eigenvalue weighted by molar-refractivity contribution is 7.17. The molecule has 1 N–H and O–H groups in total. The maximum absolute atomic E-state index is 12.2. The Bertz CT molecular complexity index is 1220. The number of nitrogens with one attached hydrogen (secondary N) is 1. The van der Waals surface area contributed by atoms with Crippen LogP contribution in [-0.2, 0) is 6.54 Å². The van der Waals surface area contributed by atoms with Crippen molar-refractivity contribution in [3.05, 3.63) is 98.1 Å². The summed E-state index contributed by atoms with van der Waals surface area (Å²) < 4.78 is 4.11. The van der Waals surface area contributed by atoms with Gasteiger partial charge in [-0.15, -0.1) is 11.3 Å². The summed E-state index contributed by atoms with van der Waals surface area (Å²) in [6.45, 7) is 2.22. The van der Waals surface area contributed by atoms with E-state index in [0.717, 1.165) is 22.9 Å². The van der Waals surface area contributed by atoms with Crippen LogP contribution in [0.5, 0.6) is 0 Å².